The molecule has 0 amide bonds. The van der Waals surface area contributed by atoms with Gasteiger partial charge in [-0.05, 0) is 18.4 Å². The molecule has 19 heavy (non-hydrogen) atoms. The summed E-state index contributed by atoms with van der Waals surface area (Å²) in [6.07, 6.45) is 0. The standard InChI is InChI=1S/C12H12N2O4S/c1-3-18-11(16)7(2)6-14-10-8(4-5-19-10)9(15)13-12(14)17/h4-5H,2-3,6H2,1H3,(H,13,15,17). The minimum Gasteiger partial charge on any atom is -0.463 e. The molecule has 6 nitrogen and oxygen atoms in total. The van der Waals surface area contributed by atoms with Crippen molar-refractivity contribution >= 4 is 27.5 Å². The quantitative estimate of drug-likeness (QED) is 0.665. The molecule has 2 heterocycles. The molecule has 7 heteroatoms. The maximum absolute atomic E-state index is 11.8. The molecule has 1 N–H and O–H groups in total. The van der Waals surface area contributed by atoms with E-state index >= 15 is 0 Å². The number of aromatic nitrogens is 2. The van der Waals surface area contributed by atoms with Gasteiger partial charge in [0.1, 0.15) is 4.83 Å². The van der Waals surface area contributed by atoms with E-state index in [4.69, 9.17) is 4.74 Å². The van der Waals surface area contributed by atoms with Crippen molar-refractivity contribution in [3.8, 4) is 0 Å². The number of nitrogens with zero attached hydrogens (tertiary/aromatic N) is 1. The predicted octanol–water partition coefficient (Wildman–Crippen LogP) is 0.871. The Hall–Kier alpha value is -2.15. The Morgan fingerprint density at radius 1 is 1.53 bits per heavy atom. The molecule has 0 spiro atoms. The van der Waals surface area contributed by atoms with Crippen molar-refractivity contribution in [1.29, 1.82) is 0 Å². The normalized spacial score (nSPS) is 10.6. The van der Waals surface area contributed by atoms with Crippen LogP contribution in [0.5, 0.6) is 0 Å². The molecular weight excluding hydrogens is 268 g/mol. The van der Waals surface area contributed by atoms with Crippen LogP contribution < -0.4 is 11.2 Å². The first-order chi connectivity index (χ1) is 9.04. The maximum atomic E-state index is 11.8. The van der Waals surface area contributed by atoms with Gasteiger partial charge in [-0.3, -0.25) is 14.3 Å². The van der Waals surface area contributed by atoms with Gasteiger partial charge in [-0.1, -0.05) is 6.58 Å². The predicted molar refractivity (Wildman–Crippen MR) is 72.5 cm³/mol. The lowest BCUT2D eigenvalue weighted by atomic mass is 10.3. The lowest BCUT2D eigenvalue weighted by Crippen LogP contribution is -2.31. The molecule has 0 aliphatic carbocycles. The summed E-state index contributed by atoms with van der Waals surface area (Å²) in [4.78, 5) is 37.6. The monoisotopic (exact) mass is 280 g/mol. The highest BCUT2D eigenvalue weighted by Gasteiger charge is 2.13. The second-order valence-corrected chi connectivity index (χ2v) is 4.70. The minimum atomic E-state index is -0.564. The van der Waals surface area contributed by atoms with Gasteiger partial charge in [0.05, 0.1) is 18.5 Å². The summed E-state index contributed by atoms with van der Waals surface area (Å²) < 4.78 is 6.12. The Morgan fingerprint density at radius 2 is 2.26 bits per heavy atom. The van der Waals surface area contributed by atoms with Gasteiger partial charge in [-0.2, -0.15) is 0 Å². The molecule has 2 rings (SSSR count). The number of ether oxygens (including phenoxy) is 1. The van der Waals surface area contributed by atoms with E-state index in [0.717, 1.165) is 0 Å². The fourth-order valence-corrected chi connectivity index (χ4v) is 2.53. The van der Waals surface area contributed by atoms with E-state index in [1.807, 2.05) is 0 Å². The number of carbonyl (C=O) groups excluding carboxylic acids is 1. The molecule has 0 radical (unpaired) electrons. The first kappa shape index (κ1) is 13.3. The van der Waals surface area contributed by atoms with Crippen molar-refractivity contribution in [1.82, 2.24) is 9.55 Å². The molecule has 0 atom stereocenters. The van der Waals surface area contributed by atoms with Crippen LogP contribution in [0.15, 0.2) is 33.2 Å². The number of thiophene rings is 1. The van der Waals surface area contributed by atoms with Gasteiger partial charge < -0.3 is 4.74 Å². The van der Waals surface area contributed by atoms with Crippen molar-refractivity contribution in [2.45, 2.75) is 13.5 Å². The van der Waals surface area contributed by atoms with Crippen molar-refractivity contribution in [3.63, 3.8) is 0 Å². The molecular formula is C12H12N2O4S. The summed E-state index contributed by atoms with van der Waals surface area (Å²) in [7, 11) is 0. The van der Waals surface area contributed by atoms with E-state index in [-0.39, 0.29) is 18.7 Å². The van der Waals surface area contributed by atoms with Crippen LogP contribution >= 0.6 is 11.3 Å². The largest absolute Gasteiger partial charge is 0.463 e. The van der Waals surface area contributed by atoms with Crippen molar-refractivity contribution in [2.24, 2.45) is 0 Å². The van der Waals surface area contributed by atoms with Crippen LogP contribution in [0.1, 0.15) is 6.92 Å². The second kappa shape index (κ2) is 5.23. The Bertz CT molecular complexity index is 753. The molecule has 100 valence electrons. The Morgan fingerprint density at radius 3 is 2.95 bits per heavy atom. The molecule has 0 fully saturated rings. The Kier molecular flexibility index (Phi) is 3.66. The summed E-state index contributed by atoms with van der Waals surface area (Å²) in [5.74, 6) is -0.551. The fourth-order valence-electron chi connectivity index (χ4n) is 1.64. The Balaban J connectivity index is 2.44. The van der Waals surface area contributed by atoms with Gasteiger partial charge in [0.25, 0.3) is 5.56 Å². The summed E-state index contributed by atoms with van der Waals surface area (Å²) in [6, 6.07) is 1.63. The van der Waals surface area contributed by atoms with Crippen molar-refractivity contribution in [2.75, 3.05) is 6.61 Å². The first-order valence-electron chi connectivity index (χ1n) is 5.59. The van der Waals surface area contributed by atoms with Gasteiger partial charge in [-0.15, -0.1) is 11.3 Å². The van der Waals surface area contributed by atoms with Crippen molar-refractivity contribution < 1.29 is 9.53 Å². The molecule has 0 bridgehead atoms. The Labute approximate surface area is 112 Å². The number of hydrogen-bond acceptors (Lipinski definition) is 5. The average Bonchev–Trinajstić information content (AvgIpc) is 2.84. The lowest BCUT2D eigenvalue weighted by Gasteiger charge is -2.08. The average molecular weight is 280 g/mol. The van der Waals surface area contributed by atoms with Crippen LogP contribution in [-0.4, -0.2) is 22.1 Å². The molecule has 0 saturated carbocycles. The summed E-state index contributed by atoms with van der Waals surface area (Å²) >= 11 is 1.26. The topological polar surface area (TPSA) is 81.2 Å². The van der Waals surface area contributed by atoms with Gasteiger partial charge in [0.2, 0.25) is 0 Å². The molecule has 0 aliphatic rings. The zero-order valence-electron chi connectivity index (χ0n) is 10.3. The van der Waals surface area contributed by atoms with E-state index in [9.17, 15) is 14.4 Å². The smallest absolute Gasteiger partial charge is 0.335 e. The number of rotatable bonds is 4. The van der Waals surface area contributed by atoms with E-state index in [2.05, 4.69) is 11.6 Å². The molecule has 2 aromatic heterocycles. The number of nitrogens with one attached hydrogen (secondary N) is 1. The van der Waals surface area contributed by atoms with Crippen LogP contribution in [0, 0.1) is 0 Å². The summed E-state index contributed by atoms with van der Waals surface area (Å²) in [5, 5.41) is 2.13. The van der Waals surface area contributed by atoms with Gasteiger partial charge in [0, 0.05) is 5.57 Å². The summed E-state index contributed by atoms with van der Waals surface area (Å²) in [6.45, 7) is 5.53. The van der Waals surface area contributed by atoms with Gasteiger partial charge >= 0.3 is 11.7 Å². The van der Waals surface area contributed by atoms with Gasteiger partial charge in [-0.25, -0.2) is 9.59 Å². The fraction of sp³-hybridized carbons (Fsp3) is 0.250. The highest BCUT2D eigenvalue weighted by molar-refractivity contribution is 7.16. The van der Waals surface area contributed by atoms with Crippen molar-refractivity contribution in [3.05, 3.63) is 44.4 Å². The molecule has 2 aromatic rings. The van der Waals surface area contributed by atoms with Crippen LogP contribution in [0.2, 0.25) is 0 Å². The zero-order valence-corrected chi connectivity index (χ0v) is 11.1. The minimum absolute atomic E-state index is 0.00847. The third-order valence-corrected chi connectivity index (χ3v) is 3.45. The number of fused-ring (bicyclic) bond motifs is 1. The van der Waals surface area contributed by atoms with Crippen LogP contribution in [0.25, 0.3) is 10.2 Å². The van der Waals surface area contributed by atoms with E-state index < -0.39 is 17.2 Å². The highest BCUT2D eigenvalue weighted by atomic mass is 32.1. The van der Waals surface area contributed by atoms with E-state index in [1.165, 1.54) is 15.9 Å². The van der Waals surface area contributed by atoms with Crippen LogP contribution in [0.4, 0.5) is 0 Å². The van der Waals surface area contributed by atoms with E-state index in [0.29, 0.717) is 10.2 Å². The number of aromatic amines is 1. The van der Waals surface area contributed by atoms with Crippen LogP contribution in [-0.2, 0) is 16.1 Å². The summed E-state index contributed by atoms with van der Waals surface area (Å²) in [5.41, 5.74) is -0.838. The SMILES string of the molecule is C=C(Cn1c(=O)[nH]c(=O)c2ccsc21)C(=O)OCC. The van der Waals surface area contributed by atoms with Crippen LogP contribution in [0.3, 0.4) is 0 Å². The maximum Gasteiger partial charge on any atom is 0.335 e. The lowest BCUT2D eigenvalue weighted by molar-refractivity contribution is -0.138. The third kappa shape index (κ3) is 2.50. The third-order valence-electron chi connectivity index (χ3n) is 2.51. The highest BCUT2D eigenvalue weighted by Crippen LogP contribution is 2.16. The number of carbonyl (C=O) groups is 1. The molecule has 0 aromatic carbocycles. The first-order valence-corrected chi connectivity index (χ1v) is 6.47. The molecule has 0 aliphatic heterocycles. The molecule has 0 unspecified atom stereocenters. The second-order valence-electron chi connectivity index (χ2n) is 3.81. The number of hydrogen-bond donors (Lipinski definition) is 1. The number of H-pyrrole nitrogens is 1. The van der Waals surface area contributed by atoms with E-state index in [1.54, 1.807) is 18.4 Å². The van der Waals surface area contributed by atoms with Gasteiger partial charge in [0.15, 0.2) is 0 Å². The zero-order chi connectivity index (χ0) is 14.0. The molecule has 0 saturated heterocycles. The number of esters is 1.